The van der Waals surface area contributed by atoms with Gasteiger partial charge in [-0.1, -0.05) is 38.8 Å². The second-order valence-electron chi connectivity index (χ2n) is 5.36. The van der Waals surface area contributed by atoms with Crippen LogP contribution in [0.25, 0.3) is 0 Å². The van der Waals surface area contributed by atoms with Crippen molar-refractivity contribution in [3.63, 3.8) is 0 Å². The van der Waals surface area contributed by atoms with Crippen molar-refractivity contribution in [3.8, 4) is 0 Å². The molecule has 0 aromatic heterocycles. The highest BCUT2D eigenvalue weighted by atomic mass is 16.4. The number of benzene rings is 1. The number of amides is 1. The lowest BCUT2D eigenvalue weighted by molar-refractivity contribution is -0.137. The minimum absolute atomic E-state index is 0.0564. The summed E-state index contributed by atoms with van der Waals surface area (Å²) < 4.78 is 0. The molecule has 1 rings (SSSR count). The van der Waals surface area contributed by atoms with E-state index in [9.17, 15) is 9.59 Å². The maximum absolute atomic E-state index is 11.9. The molecule has 4 N–H and O–H groups in total. The number of carbonyl (C=O) groups excluding carboxylic acids is 1. The Morgan fingerprint density at radius 1 is 1.29 bits per heavy atom. The molecule has 0 saturated heterocycles. The van der Waals surface area contributed by atoms with Gasteiger partial charge >= 0.3 is 5.97 Å². The van der Waals surface area contributed by atoms with Gasteiger partial charge in [-0.25, -0.2) is 0 Å². The second kappa shape index (κ2) is 8.42. The van der Waals surface area contributed by atoms with E-state index < -0.39 is 12.0 Å². The van der Waals surface area contributed by atoms with Crippen LogP contribution >= 0.6 is 0 Å². The van der Waals surface area contributed by atoms with Crippen LogP contribution in [0.2, 0.25) is 0 Å². The third-order valence-corrected chi connectivity index (χ3v) is 3.43. The van der Waals surface area contributed by atoms with Gasteiger partial charge in [0.1, 0.15) is 0 Å². The molecule has 0 aliphatic rings. The van der Waals surface area contributed by atoms with Crippen LogP contribution in [0.15, 0.2) is 24.3 Å². The van der Waals surface area contributed by atoms with Crippen molar-refractivity contribution in [2.24, 2.45) is 5.73 Å². The maximum atomic E-state index is 11.9. The zero-order valence-electron chi connectivity index (χ0n) is 12.6. The summed E-state index contributed by atoms with van der Waals surface area (Å²) in [5.74, 6) is -1.06. The molecule has 0 fully saturated rings. The highest BCUT2D eigenvalue weighted by molar-refractivity contribution is 5.94. The Balaban J connectivity index is 2.58. The highest BCUT2D eigenvalue weighted by Crippen LogP contribution is 2.21. The number of nitrogens with one attached hydrogen (secondary N) is 1. The van der Waals surface area contributed by atoms with Gasteiger partial charge < -0.3 is 16.2 Å². The number of carbonyl (C=O) groups is 2. The summed E-state index contributed by atoms with van der Waals surface area (Å²) in [6.45, 7) is 3.92. The summed E-state index contributed by atoms with van der Waals surface area (Å²) in [5, 5.41) is 11.6. The molecule has 0 aliphatic heterocycles. The lowest BCUT2D eigenvalue weighted by Gasteiger charge is -2.13. The van der Waals surface area contributed by atoms with Crippen LogP contribution in [-0.4, -0.2) is 23.0 Å². The first kappa shape index (κ1) is 17.2. The van der Waals surface area contributed by atoms with E-state index in [0.29, 0.717) is 12.1 Å². The van der Waals surface area contributed by atoms with Crippen LogP contribution in [0.1, 0.15) is 51.0 Å². The van der Waals surface area contributed by atoms with Gasteiger partial charge in [-0.05, 0) is 30.0 Å². The monoisotopic (exact) mass is 292 g/mol. The molecular weight excluding hydrogens is 268 g/mol. The zero-order chi connectivity index (χ0) is 15.8. The van der Waals surface area contributed by atoms with Gasteiger partial charge in [-0.15, -0.1) is 0 Å². The second-order valence-corrected chi connectivity index (χ2v) is 5.36. The first-order valence-electron chi connectivity index (χ1n) is 7.32. The fourth-order valence-corrected chi connectivity index (χ4v) is 2.06. The summed E-state index contributed by atoms with van der Waals surface area (Å²) in [5.41, 5.74) is 7.42. The summed E-state index contributed by atoms with van der Waals surface area (Å²) in [6.07, 6.45) is 2.71. The molecule has 0 saturated carbocycles. The smallest absolute Gasteiger partial charge is 0.303 e. The number of carboxylic acids is 1. The van der Waals surface area contributed by atoms with Crippen LogP contribution in [-0.2, 0) is 9.59 Å². The molecule has 5 heteroatoms. The Morgan fingerprint density at radius 3 is 2.43 bits per heavy atom. The highest BCUT2D eigenvalue weighted by Gasteiger charge is 2.13. The summed E-state index contributed by atoms with van der Waals surface area (Å²) in [7, 11) is 0. The van der Waals surface area contributed by atoms with Crippen molar-refractivity contribution in [1.82, 2.24) is 0 Å². The molecule has 1 amide bonds. The molecule has 0 bridgehead atoms. The van der Waals surface area contributed by atoms with E-state index in [1.54, 1.807) is 12.1 Å². The van der Waals surface area contributed by atoms with E-state index in [4.69, 9.17) is 10.8 Å². The molecule has 1 aromatic carbocycles. The summed E-state index contributed by atoms with van der Waals surface area (Å²) >= 11 is 0. The average Bonchev–Trinajstić information content (AvgIpc) is 2.44. The Kier molecular flexibility index (Phi) is 6.88. The predicted octanol–water partition coefficient (Wildman–Crippen LogP) is 2.72. The quantitative estimate of drug-likeness (QED) is 0.687. The molecule has 0 radical (unpaired) electrons. The van der Waals surface area contributed by atoms with Crippen molar-refractivity contribution >= 4 is 17.6 Å². The van der Waals surface area contributed by atoms with Gasteiger partial charge in [0.2, 0.25) is 5.91 Å². The van der Waals surface area contributed by atoms with Gasteiger partial charge in [-0.3, -0.25) is 9.59 Å². The third kappa shape index (κ3) is 5.95. The van der Waals surface area contributed by atoms with Crippen LogP contribution in [0.4, 0.5) is 5.69 Å². The minimum Gasteiger partial charge on any atom is -0.481 e. The molecule has 5 nitrogen and oxygen atoms in total. The Labute approximate surface area is 125 Å². The minimum atomic E-state index is -0.818. The first-order chi connectivity index (χ1) is 9.93. The van der Waals surface area contributed by atoms with Gasteiger partial charge in [0.05, 0.1) is 12.5 Å². The number of unbranched alkanes of at least 4 members (excludes halogenated alkanes) is 1. The largest absolute Gasteiger partial charge is 0.481 e. The average molecular weight is 292 g/mol. The lowest BCUT2D eigenvalue weighted by atomic mass is 9.98. The molecule has 116 valence electrons. The first-order valence-corrected chi connectivity index (χ1v) is 7.32. The van der Waals surface area contributed by atoms with Crippen LogP contribution < -0.4 is 11.1 Å². The van der Waals surface area contributed by atoms with E-state index in [2.05, 4.69) is 12.2 Å². The Bertz CT molecular complexity index is 471. The SMILES string of the molecule is CCCC[C@H](N)C(=O)Nc1ccc(C(C)CC(=O)O)cc1. The normalized spacial score (nSPS) is 13.5. The molecule has 1 unspecified atom stereocenters. The molecule has 2 atom stereocenters. The van der Waals surface area contributed by atoms with E-state index in [0.717, 1.165) is 18.4 Å². The fraction of sp³-hybridized carbons (Fsp3) is 0.500. The zero-order valence-corrected chi connectivity index (χ0v) is 12.6. The van der Waals surface area contributed by atoms with E-state index in [1.807, 2.05) is 19.1 Å². The molecule has 0 heterocycles. The standard InChI is InChI=1S/C16H24N2O3/c1-3-4-5-14(17)16(21)18-13-8-6-12(7-9-13)11(2)10-15(19)20/h6-9,11,14H,3-5,10,17H2,1-2H3,(H,18,21)(H,19,20)/t11?,14-/m0/s1. The predicted molar refractivity (Wildman–Crippen MR) is 83.2 cm³/mol. The van der Waals surface area contributed by atoms with Crippen molar-refractivity contribution in [3.05, 3.63) is 29.8 Å². The van der Waals surface area contributed by atoms with Gasteiger partial charge in [0.15, 0.2) is 0 Å². The lowest BCUT2D eigenvalue weighted by Crippen LogP contribution is -2.35. The molecule has 0 aliphatic carbocycles. The topological polar surface area (TPSA) is 92.4 Å². The van der Waals surface area contributed by atoms with E-state index >= 15 is 0 Å². The fourth-order valence-electron chi connectivity index (χ4n) is 2.06. The number of carboxylic acid groups (broad SMARTS) is 1. The van der Waals surface area contributed by atoms with Crippen molar-refractivity contribution in [1.29, 1.82) is 0 Å². The maximum Gasteiger partial charge on any atom is 0.303 e. The molecule has 1 aromatic rings. The summed E-state index contributed by atoms with van der Waals surface area (Å²) in [4.78, 5) is 22.6. The van der Waals surface area contributed by atoms with Gasteiger partial charge in [0, 0.05) is 5.69 Å². The number of hydrogen-bond donors (Lipinski definition) is 3. The molecular formula is C16H24N2O3. The number of nitrogens with two attached hydrogens (primary N) is 1. The van der Waals surface area contributed by atoms with Crippen molar-refractivity contribution in [2.45, 2.75) is 51.5 Å². The van der Waals surface area contributed by atoms with Crippen LogP contribution in [0.3, 0.4) is 0 Å². The van der Waals surface area contributed by atoms with Crippen molar-refractivity contribution < 1.29 is 14.7 Å². The Morgan fingerprint density at radius 2 is 1.90 bits per heavy atom. The Hall–Kier alpha value is -1.88. The number of anilines is 1. The number of rotatable bonds is 8. The van der Waals surface area contributed by atoms with Crippen LogP contribution in [0.5, 0.6) is 0 Å². The summed E-state index contributed by atoms with van der Waals surface area (Å²) in [6, 6.07) is 6.73. The molecule has 21 heavy (non-hydrogen) atoms. The van der Waals surface area contributed by atoms with Gasteiger partial charge in [0.25, 0.3) is 0 Å². The van der Waals surface area contributed by atoms with E-state index in [1.165, 1.54) is 0 Å². The molecule has 0 spiro atoms. The third-order valence-electron chi connectivity index (χ3n) is 3.43. The number of aliphatic carboxylic acids is 1. The van der Waals surface area contributed by atoms with Crippen molar-refractivity contribution in [2.75, 3.05) is 5.32 Å². The van der Waals surface area contributed by atoms with Gasteiger partial charge in [-0.2, -0.15) is 0 Å². The number of hydrogen-bond acceptors (Lipinski definition) is 3. The van der Waals surface area contributed by atoms with E-state index in [-0.39, 0.29) is 18.2 Å². The van der Waals surface area contributed by atoms with Crippen LogP contribution in [0, 0.1) is 0 Å².